The molecule has 1 aliphatic heterocycles. The number of hydrogen-bond acceptors (Lipinski definition) is 4. The Morgan fingerprint density at radius 1 is 1.56 bits per heavy atom. The van der Waals surface area contributed by atoms with Gasteiger partial charge in [0.1, 0.15) is 0 Å². The molecule has 16 heavy (non-hydrogen) atoms. The smallest absolute Gasteiger partial charge is 0.232 e. The minimum absolute atomic E-state index is 0.0456. The number of carbonyl (C=O) groups excluding carboxylic acids is 1. The van der Waals surface area contributed by atoms with E-state index < -0.39 is 0 Å². The highest BCUT2D eigenvalue weighted by Gasteiger charge is 2.25. The molecule has 94 valence electrons. The summed E-state index contributed by atoms with van der Waals surface area (Å²) < 4.78 is 4.93. The minimum atomic E-state index is 0.0456. The molecule has 0 saturated carbocycles. The molecule has 4 nitrogen and oxygen atoms in total. The van der Waals surface area contributed by atoms with E-state index in [1.54, 1.807) is 18.9 Å². The lowest BCUT2D eigenvalue weighted by molar-refractivity contribution is -0.132. The van der Waals surface area contributed by atoms with Crippen LogP contribution in [-0.2, 0) is 9.53 Å². The molecule has 5 heteroatoms. The first kappa shape index (κ1) is 13.8. The number of carbonyl (C=O) groups is 1. The van der Waals surface area contributed by atoms with Gasteiger partial charge in [-0.15, -0.1) is 11.8 Å². The lowest BCUT2D eigenvalue weighted by atomic mass is 10.0. The van der Waals surface area contributed by atoms with Crippen molar-refractivity contribution in [3.63, 3.8) is 0 Å². The van der Waals surface area contributed by atoms with Crippen LogP contribution in [0.4, 0.5) is 0 Å². The predicted octanol–water partition coefficient (Wildman–Crippen LogP) is 0.739. The maximum absolute atomic E-state index is 11.9. The van der Waals surface area contributed by atoms with Crippen LogP contribution in [0.5, 0.6) is 0 Å². The SMILES string of the molecule is COCCSCC(=O)N1CCCCC1CO. The van der Waals surface area contributed by atoms with E-state index in [2.05, 4.69) is 0 Å². The van der Waals surface area contributed by atoms with Crippen LogP contribution in [0, 0.1) is 0 Å². The second-order valence-corrected chi connectivity index (χ2v) is 5.07. The molecular formula is C11H21NO3S. The van der Waals surface area contributed by atoms with Gasteiger partial charge in [-0.05, 0) is 19.3 Å². The molecule has 0 bridgehead atoms. The van der Waals surface area contributed by atoms with Crippen molar-refractivity contribution < 1.29 is 14.6 Å². The standard InChI is InChI=1S/C11H21NO3S/c1-15-6-7-16-9-11(14)12-5-3-2-4-10(12)8-13/h10,13H,2-9H2,1H3. The third-order valence-corrected chi connectivity index (χ3v) is 3.72. The Morgan fingerprint density at radius 3 is 3.06 bits per heavy atom. The zero-order chi connectivity index (χ0) is 11.8. The van der Waals surface area contributed by atoms with Gasteiger partial charge in [0.15, 0.2) is 0 Å². The summed E-state index contributed by atoms with van der Waals surface area (Å²) in [5, 5.41) is 9.20. The van der Waals surface area contributed by atoms with Gasteiger partial charge in [0.25, 0.3) is 0 Å². The highest BCUT2D eigenvalue weighted by molar-refractivity contribution is 7.99. The van der Waals surface area contributed by atoms with Gasteiger partial charge in [-0.1, -0.05) is 0 Å². The van der Waals surface area contributed by atoms with Crippen molar-refractivity contribution in [2.75, 3.05) is 38.4 Å². The van der Waals surface area contributed by atoms with Crippen molar-refractivity contribution in [2.45, 2.75) is 25.3 Å². The fraction of sp³-hybridized carbons (Fsp3) is 0.909. The van der Waals surface area contributed by atoms with Gasteiger partial charge in [0.05, 0.1) is 25.0 Å². The molecule has 1 unspecified atom stereocenters. The van der Waals surface area contributed by atoms with Crippen LogP contribution < -0.4 is 0 Å². The molecule has 1 aliphatic rings. The molecule has 1 heterocycles. The van der Waals surface area contributed by atoms with Crippen molar-refractivity contribution in [1.82, 2.24) is 4.90 Å². The van der Waals surface area contributed by atoms with E-state index in [1.165, 1.54) is 0 Å². The highest BCUT2D eigenvalue weighted by Crippen LogP contribution is 2.17. The summed E-state index contributed by atoms with van der Waals surface area (Å²) in [6.07, 6.45) is 3.11. The number of nitrogens with zero attached hydrogens (tertiary/aromatic N) is 1. The number of piperidine rings is 1. The van der Waals surface area contributed by atoms with Crippen LogP contribution in [-0.4, -0.2) is 60.3 Å². The number of thioether (sulfide) groups is 1. The average Bonchev–Trinajstić information content (AvgIpc) is 2.34. The van der Waals surface area contributed by atoms with Gasteiger partial charge in [-0.25, -0.2) is 0 Å². The summed E-state index contributed by atoms with van der Waals surface area (Å²) in [6.45, 7) is 1.57. The minimum Gasteiger partial charge on any atom is -0.394 e. The van der Waals surface area contributed by atoms with Gasteiger partial charge in [-0.3, -0.25) is 4.79 Å². The zero-order valence-electron chi connectivity index (χ0n) is 9.85. The molecule has 1 saturated heterocycles. The monoisotopic (exact) mass is 247 g/mol. The second-order valence-electron chi connectivity index (χ2n) is 3.96. The fourth-order valence-corrected chi connectivity index (χ4v) is 2.67. The first-order valence-electron chi connectivity index (χ1n) is 5.76. The summed E-state index contributed by atoms with van der Waals surface area (Å²) in [6, 6.07) is 0.0456. The molecule has 0 aromatic rings. The van der Waals surface area contributed by atoms with E-state index in [-0.39, 0.29) is 18.6 Å². The molecule has 1 amide bonds. The quantitative estimate of drug-likeness (QED) is 0.703. The molecule has 0 radical (unpaired) electrons. The molecule has 1 fully saturated rings. The summed E-state index contributed by atoms with van der Waals surface area (Å²) >= 11 is 1.59. The molecule has 1 rings (SSSR count). The van der Waals surface area contributed by atoms with Crippen molar-refractivity contribution in [2.24, 2.45) is 0 Å². The van der Waals surface area contributed by atoms with Crippen LogP contribution in [0.2, 0.25) is 0 Å². The van der Waals surface area contributed by atoms with Gasteiger partial charge < -0.3 is 14.7 Å². The maximum Gasteiger partial charge on any atom is 0.232 e. The Morgan fingerprint density at radius 2 is 2.38 bits per heavy atom. The van der Waals surface area contributed by atoms with E-state index in [4.69, 9.17) is 4.74 Å². The van der Waals surface area contributed by atoms with E-state index >= 15 is 0 Å². The normalized spacial score (nSPS) is 21.1. The summed E-state index contributed by atoms with van der Waals surface area (Å²) in [5.41, 5.74) is 0. The van der Waals surface area contributed by atoms with Gasteiger partial charge in [-0.2, -0.15) is 0 Å². The van der Waals surface area contributed by atoms with Gasteiger partial charge in [0.2, 0.25) is 5.91 Å². The number of amides is 1. The van der Waals surface area contributed by atoms with E-state index in [0.717, 1.165) is 31.6 Å². The fourth-order valence-electron chi connectivity index (χ4n) is 1.90. The van der Waals surface area contributed by atoms with Gasteiger partial charge in [0, 0.05) is 19.4 Å². The number of ether oxygens (including phenoxy) is 1. The number of likely N-dealkylation sites (tertiary alicyclic amines) is 1. The molecule has 0 aromatic carbocycles. The van der Waals surface area contributed by atoms with Gasteiger partial charge >= 0.3 is 0 Å². The van der Waals surface area contributed by atoms with Crippen LogP contribution in [0.25, 0.3) is 0 Å². The van der Waals surface area contributed by atoms with Crippen LogP contribution in [0.15, 0.2) is 0 Å². The number of rotatable bonds is 6. The van der Waals surface area contributed by atoms with Crippen LogP contribution in [0.1, 0.15) is 19.3 Å². The Kier molecular flexibility index (Phi) is 6.84. The summed E-state index contributed by atoms with van der Waals surface area (Å²) in [5.74, 6) is 1.50. The maximum atomic E-state index is 11.9. The first-order valence-corrected chi connectivity index (χ1v) is 6.92. The molecule has 1 N–H and O–H groups in total. The number of hydrogen-bond donors (Lipinski definition) is 1. The number of aliphatic hydroxyl groups excluding tert-OH is 1. The highest BCUT2D eigenvalue weighted by atomic mass is 32.2. The van der Waals surface area contributed by atoms with Crippen molar-refractivity contribution in [3.05, 3.63) is 0 Å². The lowest BCUT2D eigenvalue weighted by Crippen LogP contribution is -2.46. The topological polar surface area (TPSA) is 49.8 Å². The van der Waals surface area contributed by atoms with Crippen LogP contribution >= 0.6 is 11.8 Å². The van der Waals surface area contributed by atoms with E-state index in [0.29, 0.717) is 12.4 Å². The summed E-state index contributed by atoms with van der Waals surface area (Å²) in [4.78, 5) is 13.7. The third kappa shape index (κ3) is 4.31. The molecule has 0 spiro atoms. The Bertz CT molecular complexity index is 213. The Labute approximate surface area is 101 Å². The Hall–Kier alpha value is -0.260. The molecular weight excluding hydrogens is 226 g/mol. The number of methoxy groups -OCH3 is 1. The third-order valence-electron chi connectivity index (χ3n) is 2.82. The summed E-state index contributed by atoms with van der Waals surface area (Å²) in [7, 11) is 1.66. The second kappa shape index (κ2) is 7.92. The lowest BCUT2D eigenvalue weighted by Gasteiger charge is -2.34. The van der Waals surface area contributed by atoms with Crippen molar-refractivity contribution in [3.8, 4) is 0 Å². The Balaban J connectivity index is 2.27. The van der Waals surface area contributed by atoms with Crippen molar-refractivity contribution >= 4 is 17.7 Å². The number of aliphatic hydroxyl groups is 1. The molecule has 0 aliphatic carbocycles. The average molecular weight is 247 g/mol. The van der Waals surface area contributed by atoms with E-state index in [9.17, 15) is 9.90 Å². The molecule has 1 atom stereocenters. The van der Waals surface area contributed by atoms with Crippen LogP contribution in [0.3, 0.4) is 0 Å². The zero-order valence-corrected chi connectivity index (χ0v) is 10.7. The predicted molar refractivity (Wildman–Crippen MR) is 65.6 cm³/mol. The van der Waals surface area contributed by atoms with E-state index in [1.807, 2.05) is 4.90 Å². The largest absolute Gasteiger partial charge is 0.394 e. The van der Waals surface area contributed by atoms with Crippen molar-refractivity contribution in [1.29, 1.82) is 0 Å². The first-order chi connectivity index (χ1) is 7.79. The molecule has 0 aromatic heterocycles.